The number of nitrogens with zero attached hydrogens (tertiary/aromatic N) is 3. The van der Waals surface area contributed by atoms with Crippen molar-refractivity contribution in [2.24, 2.45) is 5.41 Å². The Morgan fingerprint density at radius 1 is 1.24 bits per heavy atom. The minimum absolute atomic E-state index is 0. The number of nitrogens with one attached hydrogen (secondary N) is 1. The van der Waals surface area contributed by atoms with Crippen molar-refractivity contribution >= 4 is 46.0 Å². The van der Waals surface area contributed by atoms with Crippen molar-refractivity contribution in [3.63, 3.8) is 0 Å². The van der Waals surface area contributed by atoms with Gasteiger partial charge >= 0.3 is 5.97 Å². The zero-order valence-electron chi connectivity index (χ0n) is 21.0. The fraction of sp³-hybridized carbons (Fsp3) is 0.357. The highest BCUT2D eigenvalue weighted by Gasteiger charge is 2.56. The molecule has 3 heterocycles. The monoisotopic (exact) mass is 538 g/mol. The smallest absolute Gasteiger partial charge is 0.323 e. The van der Waals surface area contributed by atoms with E-state index < -0.39 is 11.4 Å². The van der Waals surface area contributed by atoms with E-state index in [2.05, 4.69) is 30.1 Å². The van der Waals surface area contributed by atoms with Crippen molar-refractivity contribution in [3.05, 3.63) is 54.1 Å². The van der Waals surface area contributed by atoms with Gasteiger partial charge in [0.25, 0.3) is 0 Å². The molecule has 0 unspecified atom stereocenters. The summed E-state index contributed by atoms with van der Waals surface area (Å²) >= 11 is 0. The van der Waals surface area contributed by atoms with Crippen LogP contribution in [0.3, 0.4) is 0 Å². The first-order chi connectivity index (χ1) is 17.7. The zero-order valence-corrected chi connectivity index (χ0v) is 21.8. The number of fused-ring (bicyclic) bond motifs is 2. The van der Waals surface area contributed by atoms with E-state index in [-0.39, 0.29) is 42.7 Å². The van der Waals surface area contributed by atoms with Gasteiger partial charge in [0, 0.05) is 22.9 Å². The number of aromatic nitrogens is 3. The molecule has 1 amide bonds. The van der Waals surface area contributed by atoms with E-state index in [0.717, 1.165) is 38.5 Å². The summed E-state index contributed by atoms with van der Waals surface area (Å²) in [4.78, 5) is 30.4. The molecule has 6 rings (SSSR count). The topological polar surface area (TPSA) is 108 Å². The van der Waals surface area contributed by atoms with Crippen LogP contribution in [0.1, 0.15) is 44.7 Å². The maximum Gasteiger partial charge on any atom is 0.323 e. The summed E-state index contributed by atoms with van der Waals surface area (Å²) in [7, 11) is 0. The van der Waals surface area contributed by atoms with Crippen molar-refractivity contribution in [1.29, 1.82) is 0 Å². The number of aromatic amines is 1. The van der Waals surface area contributed by atoms with Gasteiger partial charge in [0.2, 0.25) is 11.8 Å². The summed E-state index contributed by atoms with van der Waals surface area (Å²) in [6, 6.07) is 10.5. The van der Waals surface area contributed by atoms with Crippen LogP contribution in [0.5, 0.6) is 5.88 Å². The number of likely N-dealkylation sites (tertiary alicyclic amines) is 1. The van der Waals surface area contributed by atoms with E-state index in [1.807, 2.05) is 6.07 Å². The fourth-order valence-electron chi connectivity index (χ4n) is 5.81. The maximum absolute atomic E-state index is 13.7. The van der Waals surface area contributed by atoms with Gasteiger partial charge in [-0.1, -0.05) is 26.0 Å². The first kappa shape index (κ1) is 25.9. The lowest BCUT2D eigenvalue weighted by Gasteiger charge is -2.42. The molecule has 1 aliphatic heterocycles. The third-order valence-electron chi connectivity index (χ3n) is 7.68. The summed E-state index contributed by atoms with van der Waals surface area (Å²) in [5.41, 5.74) is 2.95. The molecule has 1 saturated carbocycles. The predicted molar refractivity (Wildman–Crippen MR) is 143 cm³/mol. The Hall–Kier alpha value is -3.72. The summed E-state index contributed by atoms with van der Waals surface area (Å²) in [5.74, 6) is -0.831. The molecule has 4 aromatic rings. The van der Waals surface area contributed by atoms with Gasteiger partial charge in [-0.2, -0.15) is 5.10 Å². The number of hydrogen-bond acceptors (Lipinski definition) is 5. The molecule has 10 heteroatoms. The molecule has 1 spiro atoms. The van der Waals surface area contributed by atoms with E-state index in [4.69, 9.17) is 14.8 Å². The molecule has 0 atom stereocenters. The number of pyridine rings is 1. The molecule has 2 aromatic heterocycles. The summed E-state index contributed by atoms with van der Waals surface area (Å²) < 4.78 is 20.2. The molecule has 0 radical (unpaired) electrons. The molecule has 2 aliphatic rings. The minimum Gasteiger partial charge on any atom is -0.480 e. The lowest BCUT2D eigenvalue weighted by atomic mass is 9.65. The van der Waals surface area contributed by atoms with Crippen LogP contribution < -0.4 is 4.74 Å². The van der Waals surface area contributed by atoms with Crippen LogP contribution in [0.4, 0.5) is 4.39 Å². The third-order valence-corrected chi connectivity index (χ3v) is 7.68. The van der Waals surface area contributed by atoms with E-state index in [1.165, 1.54) is 17.0 Å². The van der Waals surface area contributed by atoms with E-state index in [0.29, 0.717) is 31.7 Å². The highest BCUT2D eigenvalue weighted by Crippen LogP contribution is 2.51. The van der Waals surface area contributed by atoms with E-state index in [9.17, 15) is 14.0 Å². The third kappa shape index (κ3) is 4.24. The second-order valence-corrected chi connectivity index (χ2v) is 10.5. The normalized spacial score (nSPS) is 20.8. The van der Waals surface area contributed by atoms with Gasteiger partial charge in [-0.05, 0) is 60.4 Å². The standard InChI is InChI=1S/C28H27FN4O4.ClH/c1-15(2)25-24(16-3-5-18(29)6-4-16)20-9-17-13-30-32-22(17)10-21(20)26(31-25)37-19-11-28(12-19)7-8-33(27(28)36)14-23(34)35;/h3-6,9-10,13,15,19H,7-8,11-12,14H2,1-2H3,(H,30,32)(H,34,35);1H. The molecular formula is C28H28ClFN4O4. The van der Waals surface area contributed by atoms with Crippen LogP contribution in [0.25, 0.3) is 32.8 Å². The van der Waals surface area contributed by atoms with E-state index in [1.54, 1.807) is 18.3 Å². The number of halogens is 2. The number of carboxylic acid groups (broad SMARTS) is 1. The number of benzene rings is 2. The largest absolute Gasteiger partial charge is 0.480 e. The zero-order chi connectivity index (χ0) is 25.9. The fourth-order valence-corrected chi connectivity index (χ4v) is 5.81. The highest BCUT2D eigenvalue weighted by molar-refractivity contribution is 6.06. The first-order valence-electron chi connectivity index (χ1n) is 12.5. The number of carbonyl (C=O) groups is 2. The first-order valence-corrected chi connectivity index (χ1v) is 12.5. The number of rotatable bonds is 6. The van der Waals surface area contributed by atoms with Gasteiger partial charge < -0.3 is 14.7 Å². The van der Waals surface area contributed by atoms with Crippen LogP contribution >= 0.6 is 12.4 Å². The van der Waals surface area contributed by atoms with Crippen molar-refractivity contribution in [2.75, 3.05) is 13.1 Å². The molecule has 0 bridgehead atoms. The Kier molecular flexibility index (Phi) is 6.51. The van der Waals surface area contributed by atoms with Crippen molar-refractivity contribution < 1.29 is 23.8 Å². The quantitative estimate of drug-likeness (QED) is 0.344. The molecule has 2 N–H and O–H groups in total. The number of carbonyl (C=O) groups excluding carboxylic acids is 1. The van der Waals surface area contributed by atoms with Crippen molar-refractivity contribution in [1.82, 2.24) is 20.1 Å². The van der Waals surface area contributed by atoms with Crippen molar-refractivity contribution in [3.8, 4) is 17.0 Å². The molecular weight excluding hydrogens is 511 g/mol. The highest BCUT2D eigenvalue weighted by atomic mass is 35.5. The van der Waals surface area contributed by atoms with Gasteiger partial charge in [-0.3, -0.25) is 14.7 Å². The molecule has 38 heavy (non-hydrogen) atoms. The second kappa shape index (κ2) is 9.54. The summed E-state index contributed by atoms with van der Waals surface area (Å²) in [6.07, 6.45) is 3.28. The molecule has 1 saturated heterocycles. The SMILES string of the molecule is CC(C)c1nc(OC2CC3(CCN(CC(=O)O)C3=O)C2)c2cc3[nH]ncc3cc2c1-c1ccc(F)cc1.Cl. The summed E-state index contributed by atoms with van der Waals surface area (Å²) in [6.45, 7) is 4.32. The Morgan fingerprint density at radius 3 is 2.66 bits per heavy atom. The van der Waals surface area contributed by atoms with Gasteiger partial charge in [-0.25, -0.2) is 9.37 Å². The van der Waals surface area contributed by atoms with Crippen LogP contribution in [-0.2, 0) is 9.59 Å². The Bertz CT molecular complexity index is 1550. The predicted octanol–water partition coefficient (Wildman–Crippen LogP) is 5.31. The number of H-pyrrole nitrogens is 1. The molecule has 198 valence electrons. The van der Waals surface area contributed by atoms with Crippen LogP contribution in [0, 0.1) is 11.2 Å². The number of ether oxygens (including phenoxy) is 1. The Labute approximate surface area is 224 Å². The molecule has 2 fully saturated rings. The van der Waals surface area contributed by atoms with Crippen LogP contribution in [0.2, 0.25) is 0 Å². The van der Waals surface area contributed by atoms with Gasteiger partial charge in [0.1, 0.15) is 18.5 Å². The lowest BCUT2D eigenvalue weighted by Crippen LogP contribution is -2.49. The summed E-state index contributed by atoms with van der Waals surface area (Å²) in [5, 5.41) is 19.0. The number of aliphatic carboxylic acids is 1. The lowest BCUT2D eigenvalue weighted by molar-refractivity contribution is -0.150. The minimum atomic E-state index is -0.999. The van der Waals surface area contributed by atoms with Crippen LogP contribution in [-0.4, -0.2) is 56.3 Å². The molecule has 2 aromatic carbocycles. The van der Waals surface area contributed by atoms with Crippen molar-refractivity contribution in [2.45, 2.75) is 45.1 Å². The average molecular weight is 539 g/mol. The van der Waals surface area contributed by atoms with Gasteiger partial charge in [-0.15, -0.1) is 12.4 Å². The number of carboxylic acids is 1. The molecule has 8 nitrogen and oxygen atoms in total. The Balaban J connectivity index is 0.00000294. The Morgan fingerprint density at radius 2 is 1.97 bits per heavy atom. The van der Waals surface area contributed by atoms with E-state index >= 15 is 0 Å². The van der Waals surface area contributed by atoms with Gasteiger partial charge in [0.05, 0.1) is 22.8 Å². The maximum atomic E-state index is 13.7. The second-order valence-electron chi connectivity index (χ2n) is 10.5. The van der Waals surface area contributed by atoms with Crippen LogP contribution in [0.15, 0.2) is 42.6 Å². The number of hydrogen-bond donors (Lipinski definition) is 2. The average Bonchev–Trinajstić information content (AvgIpc) is 3.42. The van der Waals surface area contributed by atoms with Gasteiger partial charge in [0.15, 0.2) is 0 Å². The molecule has 1 aliphatic carbocycles. The number of amides is 1.